The molecule has 6 atom stereocenters. The van der Waals surface area contributed by atoms with E-state index >= 15 is 0 Å². The first kappa shape index (κ1) is 37.0. The number of nitrogens with one attached hydrogen (secondary N) is 1. The quantitative estimate of drug-likeness (QED) is 0.119. The fourth-order valence-corrected chi connectivity index (χ4v) is 7.06. The van der Waals surface area contributed by atoms with Gasteiger partial charge < -0.3 is 25.0 Å². The summed E-state index contributed by atoms with van der Waals surface area (Å²) in [4.78, 5) is 24.1. The van der Waals surface area contributed by atoms with Crippen LogP contribution in [-0.4, -0.2) is 56.7 Å². The Bertz CT molecular complexity index is 2160. The summed E-state index contributed by atoms with van der Waals surface area (Å²) in [7, 11) is 2.02. The highest BCUT2D eigenvalue weighted by atomic mass is 16.7. The molecule has 0 saturated carbocycles. The standard InChI is InChI=1S/C45H46N4O5/c1-29-41(27-49(3)30(2)42(51)33-11-5-4-6-12-33)53-45(54-43(29)34-19-17-31(28-50)18-20-34)35-23-21-32(22-24-35)37-14-8-7-13-36(37)25-47-44(52)40-26-46-38-15-9-10-16-39(38)48-40/h4-24,26,29-30,41-43,45,50-51H,25,27-28H2,1-3H3,(H,47,52). The molecular weight excluding hydrogens is 677 g/mol. The maximum atomic E-state index is 13.1. The van der Waals surface area contributed by atoms with Crippen molar-refractivity contribution in [3.63, 3.8) is 0 Å². The smallest absolute Gasteiger partial charge is 0.271 e. The van der Waals surface area contributed by atoms with E-state index in [0.29, 0.717) is 18.6 Å². The zero-order chi connectivity index (χ0) is 37.6. The minimum Gasteiger partial charge on any atom is -0.392 e. The highest BCUT2D eigenvalue weighted by Gasteiger charge is 2.39. The van der Waals surface area contributed by atoms with Gasteiger partial charge in [-0.05, 0) is 59.5 Å². The summed E-state index contributed by atoms with van der Waals surface area (Å²) in [5.74, 6) is -0.296. The molecule has 6 unspecified atom stereocenters. The van der Waals surface area contributed by atoms with E-state index in [-0.39, 0.29) is 42.4 Å². The maximum absolute atomic E-state index is 13.1. The number of aromatic nitrogens is 2. The van der Waals surface area contributed by atoms with E-state index in [1.165, 1.54) is 6.20 Å². The van der Waals surface area contributed by atoms with Crippen molar-refractivity contribution in [1.82, 2.24) is 20.2 Å². The van der Waals surface area contributed by atoms with Crippen LogP contribution in [0.5, 0.6) is 0 Å². The van der Waals surface area contributed by atoms with Crippen molar-refractivity contribution in [3.05, 3.63) is 167 Å². The summed E-state index contributed by atoms with van der Waals surface area (Å²) in [6, 6.07) is 41.1. The zero-order valence-electron chi connectivity index (χ0n) is 30.7. The second-order valence-electron chi connectivity index (χ2n) is 14.1. The molecule has 0 radical (unpaired) electrons. The van der Waals surface area contributed by atoms with Gasteiger partial charge in [0, 0.05) is 30.6 Å². The van der Waals surface area contributed by atoms with Gasteiger partial charge in [-0.1, -0.05) is 122 Å². The molecule has 7 rings (SSSR count). The van der Waals surface area contributed by atoms with Crippen molar-refractivity contribution in [2.45, 2.75) is 57.6 Å². The molecule has 1 amide bonds. The van der Waals surface area contributed by atoms with Crippen LogP contribution >= 0.6 is 0 Å². The van der Waals surface area contributed by atoms with Gasteiger partial charge in [-0.25, -0.2) is 4.98 Å². The Morgan fingerprint density at radius 3 is 2.24 bits per heavy atom. The number of nitrogens with zero attached hydrogens (tertiary/aromatic N) is 3. The molecule has 0 aliphatic carbocycles. The van der Waals surface area contributed by atoms with Crippen LogP contribution in [-0.2, 0) is 22.6 Å². The van der Waals surface area contributed by atoms with Crippen LogP contribution in [0.4, 0.5) is 0 Å². The number of para-hydroxylation sites is 2. The van der Waals surface area contributed by atoms with Gasteiger partial charge in [-0.15, -0.1) is 0 Å². The van der Waals surface area contributed by atoms with E-state index in [0.717, 1.165) is 44.5 Å². The highest BCUT2D eigenvalue weighted by molar-refractivity contribution is 5.93. The van der Waals surface area contributed by atoms with Gasteiger partial charge >= 0.3 is 0 Å². The molecule has 1 aliphatic heterocycles. The molecule has 276 valence electrons. The van der Waals surface area contributed by atoms with Gasteiger partial charge in [0.05, 0.1) is 42.1 Å². The molecule has 3 N–H and O–H groups in total. The number of hydrogen-bond donors (Lipinski definition) is 3. The Balaban J connectivity index is 1.09. The third kappa shape index (κ3) is 8.26. The number of ether oxygens (including phenoxy) is 2. The Labute approximate surface area is 316 Å². The topological polar surface area (TPSA) is 117 Å². The van der Waals surface area contributed by atoms with Crippen molar-refractivity contribution in [1.29, 1.82) is 0 Å². The number of carbonyl (C=O) groups is 1. The van der Waals surface area contributed by atoms with Crippen LogP contribution in [0.15, 0.2) is 134 Å². The number of amides is 1. The fourth-order valence-electron chi connectivity index (χ4n) is 7.06. The number of fused-ring (bicyclic) bond motifs is 1. The van der Waals surface area contributed by atoms with Crippen LogP contribution in [0, 0.1) is 5.92 Å². The molecule has 0 spiro atoms. The molecule has 54 heavy (non-hydrogen) atoms. The number of likely N-dealkylation sites (N-methyl/N-ethyl adjacent to an activating group) is 1. The first-order chi connectivity index (χ1) is 26.3. The van der Waals surface area contributed by atoms with Crippen LogP contribution in [0.1, 0.15) is 70.7 Å². The number of rotatable bonds is 12. The van der Waals surface area contributed by atoms with E-state index in [2.05, 4.69) is 39.2 Å². The predicted octanol–water partition coefficient (Wildman–Crippen LogP) is 7.56. The monoisotopic (exact) mass is 722 g/mol. The lowest BCUT2D eigenvalue weighted by Gasteiger charge is -2.43. The van der Waals surface area contributed by atoms with E-state index in [1.807, 2.05) is 129 Å². The van der Waals surface area contributed by atoms with Crippen molar-refractivity contribution in [2.75, 3.05) is 13.6 Å². The van der Waals surface area contributed by atoms with E-state index in [4.69, 9.17) is 9.47 Å². The lowest BCUT2D eigenvalue weighted by molar-refractivity contribution is -0.276. The van der Waals surface area contributed by atoms with Gasteiger partial charge in [0.25, 0.3) is 5.91 Å². The van der Waals surface area contributed by atoms with Gasteiger partial charge in [0.15, 0.2) is 6.29 Å². The van der Waals surface area contributed by atoms with Crippen molar-refractivity contribution in [2.24, 2.45) is 5.92 Å². The summed E-state index contributed by atoms with van der Waals surface area (Å²) in [5, 5.41) is 23.9. The number of benzene rings is 5. The van der Waals surface area contributed by atoms with Crippen LogP contribution in [0.2, 0.25) is 0 Å². The zero-order valence-corrected chi connectivity index (χ0v) is 30.7. The Morgan fingerprint density at radius 2 is 1.50 bits per heavy atom. The normalized spacial score (nSPS) is 19.7. The molecule has 9 heteroatoms. The van der Waals surface area contributed by atoms with Crippen LogP contribution < -0.4 is 5.32 Å². The third-order valence-electron chi connectivity index (χ3n) is 10.5. The molecule has 1 saturated heterocycles. The number of aliphatic hydroxyl groups is 2. The molecule has 1 aromatic heterocycles. The number of hydrogen-bond acceptors (Lipinski definition) is 8. The van der Waals surface area contributed by atoms with Crippen LogP contribution in [0.25, 0.3) is 22.2 Å². The lowest BCUT2D eigenvalue weighted by Crippen LogP contribution is -2.46. The Morgan fingerprint density at radius 1 is 0.833 bits per heavy atom. The first-order valence-electron chi connectivity index (χ1n) is 18.4. The molecule has 2 heterocycles. The predicted molar refractivity (Wildman–Crippen MR) is 209 cm³/mol. The molecule has 1 aliphatic rings. The SMILES string of the molecule is CC1C(CN(C)C(C)C(O)c2ccccc2)OC(c2ccc(-c3ccccc3CNC(=O)c3cnc4ccccc4n3)cc2)OC1c1ccc(CO)cc1. The summed E-state index contributed by atoms with van der Waals surface area (Å²) in [5.41, 5.74) is 8.26. The lowest BCUT2D eigenvalue weighted by atomic mass is 9.89. The second kappa shape index (κ2) is 16.8. The van der Waals surface area contributed by atoms with E-state index in [9.17, 15) is 15.0 Å². The maximum Gasteiger partial charge on any atom is 0.271 e. The van der Waals surface area contributed by atoms with Gasteiger partial charge in [-0.3, -0.25) is 14.7 Å². The van der Waals surface area contributed by atoms with E-state index in [1.54, 1.807) is 0 Å². The van der Waals surface area contributed by atoms with Gasteiger partial charge in [-0.2, -0.15) is 0 Å². The average Bonchev–Trinajstić information content (AvgIpc) is 3.23. The summed E-state index contributed by atoms with van der Waals surface area (Å²) >= 11 is 0. The molecular formula is C45H46N4O5. The minimum absolute atomic E-state index is 0.00769. The highest BCUT2D eigenvalue weighted by Crippen LogP contribution is 2.42. The second-order valence-corrected chi connectivity index (χ2v) is 14.1. The minimum atomic E-state index is -0.653. The fraction of sp³-hybridized carbons (Fsp3) is 0.267. The summed E-state index contributed by atoms with van der Waals surface area (Å²) < 4.78 is 13.5. The van der Waals surface area contributed by atoms with Crippen molar-refractivity contribution < 1.29 is 24.5 Å². The Hall–Kier alpha value is -5.29. The first-order valence-corrected chi connectivity index (χ1v) is 18.4. The largest absolute Gasteiger partial charge is 0.392 e. The Kier molecular flexibility index (Phi) is 11.5. The summed E-state index contributed by atoms with van der Waals surface area (Å²) in [6.07, 6.45) is -0.258. The number of carbonyl (C=O) groups excluding carboxylic acids is 1. The molecule has 1 fully saturated rings. The molecule has 6 aromatic rings. The third-order valence-corrected chi connectivity index (χ3v) is 10.5. The molecule has 9 nitrogen and oxygen atoms in total. The van der Waals surface area contributed by atoms with Gasteiger partial charge in [0.1, 0.15) is 5.69 Å². The number of aliphatic hydroxyl groups excluding tert-OH is 2. The van der Waals surface area contributed by atoms with Gasteiger partial charge in [0.2, 0.25) is 0 Å². The van der Waals surface area contributed by atoms with Crippen molar-refractivity contribution in [3.8, 4) is 11.1 Å². The molecule has 0 bridgehead atoms. The average molecular weight is 723 g/mol. The summed E-state index contributed by atoms with van der Waals surface area (Å²) in [6.45, 7) is 5.05. The molecule has 5 aromatic carbocycles. The van der Waals surface area contributed by atoms with Crippen molar-refractivity contribution >= 4 is 16.9 Å². The van der Waals surface area contributed by atoms with E-state index < -0.39 is 12.4 Å². The van der Waals surface area contributed by atoms with Crippen LogP contribution in [0.3, 0.4) is 0 Å².